The molecule has 1 aromatic carbocycles. The van der Waals surface area contributed by atoms with Crippen LogP contribution in [-0.4, -0.2) is 55.9 Å². The fourth-order valence-corrected chi connectivity index (χ4v) is 5.19. The van der Waals surface area contributed by atoms with Crippen molar-refractivity contribution in [3.05, 3.63) is 42.6 Å². The van der Waals surface area contributed by atoms with Gasteiger partial charge >= 0.3 is 5.51 Å². The van der Waals surface area contributed by atoms with E-state index in [9.17, 15) is 18.3 Å². The normalized spacial score (nSPS) is 26.6. The predicted molar refractivity (Wildman–Crippen MR) is 117 cm³/mol. The van der Waals surface area contributed by atoms with Crippen molar-refractivity contribution < 1.29 is 27.8 Å². The Balaban J connectivity index is 1.43. The second kappa shape index (κ2) is 8.15. The summed E-state index contributed by atoms with van der Waals surface area (Å²) in [6.45, 7) is 3.71. The van der Waals surface area contributed by atoms with E-state index in [-0.39, 0.29) is 47.4 Å². The molecule has 0 radical (unpaired) electrons. The van der Waals surface area contributed by atoms with Crippen molar-refractivity contribution in [3.8, 4) is 11.3 Å². The zero-order valence-corrected chi connectivity index (χ0v) is 18.7. The van der Waals surface area contributed by atoms with Crippen LogP contribution >= 0.6 is 11.8 Å². The maximum Gasteiger partial charge on any atom is 0.446 e. The highest BCUT2D eigenvalue weighted by Crippen LogP contribution is 2.42. The Bertz CT molecular complexity index is 1170. The molecular formula is C22H23F3N4O3S. The third-order valence-corrected chi connectivity index (χ3v) is 6.59. The van der Waals surface area contributed by atoms with Gasteiger partial charge in [-0.3, -0.25) is 0 Å². The number of nitrogens with one attached hydrogen (secondary N) is 1. The molecule has 1 saturated carbocycles. The van der Waals surface area contributed by atoms with Gasteiger partial charge in [0.2, 0.25) is 0 Å². The maximum atomic E-state index is 12.8. The molecule has 1 aliphatic heterocycles. The molecule has 176 valence electrons. The summed E-state index contributed by atoms with van der Waals surface area (Å²) in [7, 11) is 0. The van der Waals surface area contributed by atoms with E-state index >= 15 is 0 Å². The number of anilines is 1. The van der Waals surface area contributed by atoms with Crippen LogP contribution < -0.4 is 5.32 Å². The molecule has 2 fully saturated rings. The van der Waals surface area contributed by atoms with Crippen molar-refractivity contribution in [3.63, 3.8) is 0 Å². The molecule has 0 bridgehead atoms. The van der Waals surface area contributed by atoms with Crippen molar-refractivity contribution in [2.45, 2.75) is 54.7 Å². The van der Waals surface area contributed by atoms with Gasteiger partial charge in [-0.2, -0.15) is 22.8 Å². The first kappa shape index (κ1) is 22.5. The lowest BCUT2D eigenvalue weighted by molar-refractivity contribution is -0.158. The number of aliphatic hydroxyl groups is 1. The number of rotatable bonds is 5. The van der Waals surface area contributed by atoms with Crippen molar-refractivity contribution in [2.24, 2.45) is 5.92 Å². The van der Waals surface area contributed by atoms with Crippen LogP contribution in [0.3, 0.4) is 0 Å². The molecule has 4 atom stereocenters. The second-order valence-corrected chi connectivity index (χ2v) is 9.84. The molecule has 33 heavy (non-hydrogen) atoms. The lowest BCUT2D eigenvalue weighted by atomic mass is 10.1. The van der Waals surface area contributed by atoms with Crippen LogP contribution in [0.25, 0.3) is 16.9 Å². The van der Waals surface area contributed by atoms with Gasteiger partial charge in [0.15, 0.2) is 11.4 Å². The number of halogens is 3. The summed E-state index contributed by atoms with van der Waals surface area (Å²) in [4.78, 5) is 4.44. The summed E-state index contributed by atoms with van der Waals surface area (Å²) in [5.74, 6) is -0.106. The molecule has 2 aliphatic rings. The van der Waals surface area contributed by atoms with Gasteiger partial charge in [0, 0.05) is 35.2 Å². The molecule has 7 nitrogen and oxygen atoms in total. The molecule has 11 heteroatoms. The van der Waals surface area contributed by atoms with Gasteiger partial charge in [0.1, 0.15) is 11.9 Å². The summed E-state index contributed by atoms with van der Waals surface area (Å²) in [6, 6.07) is 9.57. The third kappa shape index (κ3) is 4.54. The Morgan fingerprint density at radius 3 is 2.76 bits per heavy atom. The fraction of sp³-hybridized carbons (Fsp3) is 0.455. The van der Waals surface area contributed by atoms with E-state index < -0.39 is 11.3 Å². The molecule has 2 N–H and O–H groups in total. The SMILES string of the molecule is CC1(C)OC2[C@H](Nc3ccnc4cc(-c5cccc(SC(F)(F)F)c5)nn34)C[C@H](CO)[C@H]2O1. The summed E-state index contributed by atoms with van der Waals surface area (Å²) < 4.78 is 52.0. The van der Waals surface area contributed by atoms with Crippen LogP contribution in [0.4, 0.5) is 19.0 Å². The molecule has 1 aliphatic carbocycles. The number of alkyl halides is 3. The lowest BCUT2D eigenvalue weighted by Crippen LogP contribution is -2.35. The Morgan fingerprint density at radius 1 is 1.21 bits per heavy atom. The number of thioether (sulfide) groups is 1. The van der Waals surface area contributed by atoms with E-state index in [2.05, 4.69) is 15.4 Å². The van der Waals surface area contributed by atoms with Gasteiger partial charge in [-0.25, -0.2) is 4.98 Å². The highest BCUT2D eigenvalue weighted by atomic mass is 32.2. The van der Waals surface area contributed by atoms with E-state index in [4.69, 9.17) is 9.47 Å². The number of hydrogen-bond acceptors (Lipinski definition) is 7. The Labute approximate surface area is 192 Å². The Hall–Kier alpha value is -2.34. The van der Waals surface area contributed by atoms with Crippen LogP contribution in [0.1, 0.15) is 20.3 Å². The number of nitrogens with zero attached hydrogens (tertiary/aromatic N) is 3. The van der Waals surface area contributed by atoms with Crippen molar-refractivity contribution >= 4 is 23.2 Å². The van der Waals surface area contributed by atoms with E-state index in [0.29, 0.717) is 29.1 Å². The average molecular weight is 481 g/mol. The summed E-state index contributed by atoms with van der Waals surface area (Å²) >= 11 is -0.157. The number of aromatic nitrogens is 3. The van der Waals surface area contributed by atoms with Gasteiger partial charge in [0.25, 0.3) is 0 Å². The van der Waals surface area contributed by atoms with Crippen molar-refractivity contribution in [1.29, 1.82) is 0 Å². The van der Waals surface area contributed by atoms with Crippen LogP contribution in [0.2, 0.25) is 0 Å². The predicted octanol–water partition coefficient (Wildman–Crippen LogP) is 4.32. The molecule has 1 unspecified atom stereocenters. The third-order valence-electron chi connectivity index (χ3n) is 5.87. The van der Waals surface area contributed by atoms with E-state index in [1.807, 2.05) is 13.8 Å². The summed E-state index contributed by atoms with van der Waals surface area (Å²) in [5, 5.41) is 17.9. The number of aliphatic hydroxyl groups excluding tert-OH is 1. The highest BCUT2D eigenvalue weighted by Gasteiger charge is 2.53. The minimum Gasteiger partial charge on any atom is -0.396 e. The topological polar surface area (TPSA) is 80.9 Å². The standard InChI is InChI=1S/C22H23F3N4O3S/c1-21(2)31-19-13(11-30)9-16(20(19)32-21)27-17-6-7-26-18-10-15(28-29(17)18)12-4-3-5-14(8-12)33-22(23,24)25/h3-8,10,13,16,19-20,27,30H,9,11H2,1-2H3/t13-,16-,19-,20?/m1/s1. The zero-order chi connectivity index (χ0) is 23.4. The molecule has 1 saturated heterocycles. The van der Waals surface area contributed by atoms with Gasteiger partial charge < -0.3 is 19.9 Å². The largest absolute Gasteiger partial charge is 0.446 e. The molecule has 0 spiro atoms. The second-order valence-electron chi connectivity index (χ2n) is 8.70. The summed E-state index contributed by atoms with van der Waals surface area (Å²) in [5.41, 5.74) is -2.72. The van der Waals surface area contributed by atoms with Gasteiger partial charge in [0.05, 0.1) is 17.8 Å². The zero-order valence-electron chi connectivity index (χ0n) is 17.9. The highest BCUT2D eigenvalue weighted by molar-refractivity contribution is 8.00. The van der Waals surface area contributed by atoms with Crippen LogP contribution in [0.15, 0.2) is 47.5 Å². The minimum absolute atomic E-state index is 0.00272. The van der Waals surface area contributed by atoms with E-state index in [0.717, 1.165) is 0 Å². The molecule has 5 rings (SSSR count). The van der Waals surface area contributed by atoms with Crippen LogP contribution in [0.5, 0.6) is 0 Å². The number of benzene rings is 1. The fourth-order valence-electron chi connectivity index (χ4n) is 4.59. The minimum atomic E-state index is -4.36. The molecule has 3 aromatic rings. The molecule has 3 heterocycles. The van der Waals surface area contributed by atoms with Gasteiger partial charge in [-0.05, 0) is 50.2 Å². The van der Waals surface area contributed by atoms with Gasteiger partial charge in [-0.1, -0.05) is 12.1 Å². The Kier molecular flexibility index (Phi) is 5.55. The molecule has 2 aromatic heterocycles. The van der Waals surface area contributed by atoms with E-state index in [1.54, 1.807) is 35.0 Å². The van der Waals surface area contributed by atoms with E-state index in [1.165, 1.54) is 12.1 Å². The smallest absolute Gasteiger partial charge is 0.396 e. The first-order chi connectivity index (χ1) is 15.6. The van der Waals surface area contributed by atoms with Crippen LogP contribution in [-0.2, 0) is 9.47 Å². The first-order valence-corrected chi connectivity index (χ1v) is 11.4. The quantitative estimate of drug-likeness (QED) is 0.527. The monoisotopic (exact) mass is 480 g/mol. The van der Waals surface area contributed by atoms with Crippen LogP contribution in [0, 0.1) is 5.92 Å². The Morgan fingerprint density at radius 2 is 2.00 bits per heavy atom. The number of fused-ring (bicyclic) bond motifs is 2. The number of ether oxygens (including phenoxy) is 2. The van der Waals surface area contributed by atoms with Crippen molar-refractivity contribution in [1.82, 2.24) is 14.6 Å². The van der Waals surface area contributed by atoms with Crippen molar-refractivity contribution in [2.75, 3.05) is 11.9 Å². The van der Waals surface area contributed by atoms with Gasteiger partial charge in [-0.15, -0.1) is 0 Å². The first-order valence-electron chi connectivity index (χ1n) is 10.6. The molecule has 0 amide bonds. The summed E-state index contributed by atoms with van der Waals surface area (Å²) in [6.07, 6.45) is 1.87. The maximum absolute atomic E-state index is 12.8. The number of hydrogen-bond donors (Lipinski definition) is 2. The molecular weight excluding hydrogens is 457 g/mol. The lowest BCUT2D eigenvalue weighted by Gasteiger charge is -2.24. The average Bonchev–Trinajstić information content (AvgIpc) is 3.39.